The molecule has 1 heterocycles. The van der Waals surface area contributed by atoms with Crippen molar-refractivity contribution in [2.24, 2.45) is 0 Å². The Balaban J connectivity index is 2.10. The second kappa shape index (κ2) is 11.1. The molecule has 1 atom stereocenters. The zero-order valence-electron chi connectivity index (χ0n) is 20.2. The van der Waals surface area contributed by atoms with E-state index in [1.807, 2.05) is 13.8 Å². The number of Topliss-reactive ketones (excluding diaryl/α,β-unsaturated/α-hetero) is 1. The van der Waals surface area contributed by atoms with Gasteiger partial charge in [-0.25, -0.2) is 0 Å². The number of likely N-dealkylation sites (tertiary alicyclic amines) is 1. The minimum Gasteiger partial charge on any atom is -0.507 e. The van der Waals surface area contributed by atoms with Crippen LogP contribution in [0.15, 0.2) is 48.0 Å². The molecule has 1 aliphatic rings. The fourth-order valence-electron chi connectivity index (χ4n) is 3.98. The summed E-state index contributed by atoms with van der Waals surface area (Å²) in [5.41, 5.74) is 1.05. The van der Waals surface area contributed by atoms with Crippen LogP contribution in [0.25, 0.3) is 5.76 Å². The number of hydrogen-bond acceptors (Lipinski definition) is 7. The van der Waals surface area contributed by atoms with E-state index in [0.717, 1.165) is 0 Å². The maximum absolute atomic E-state index is 13.1. The Morgan fingerprint density at radius 1 is 1.00 bits per heavy atom. The molecule has 1 fully saturated rings. The highest BCUT2D eigenvalue weighted by atomic mass is 16.5. The lowest BCUT2D eigenvalue weighted by Crippen LogP contribution is -2.31. The van der Waals surface area contributed by atoms with Crippen molar-refractivity contribution in [3.8, 4) is 17.2 Å². The van der Waals surface area contributed by atoms with E-state index in [-0.39, 0.29) is 24.0 Å². The fourth-order valence-corrected chi connectivity index (χ4v) is 3.98. The van der Waals surface area contributed by atoms with Crippen LogP contribution in [0.1, 0.15) is 37.4 Å². The maximum atomic E-state index is 13.1. The first-order valence-corrected chi connectivity index (χ1v) is 11.1. The van der Waals surface area contributed by atoms with Crippen LogP contribution in [-0.4, -0.2) is 62.3 Å². The lowest BCUT2D eigenvalue weighted by Gasteiger charge is -2.26. The Morgan fingerprint density at radius 2 is 1.68 bits per heavy atom. The predicted molar refractivity (Wildman–Crippen MR) is 127 cm³/mol. The molecule has 1 amide bonds. The number of ether oxygens (including phenoxy) is 4. The number of rotatable bonds is 10. The van der Waals surface area contributed by atoms with E-state index in [1.54, 1.807) is 49.6 Å². The number of aliphatic hydroxyl groups is 1. The van der Waals surface area contributed by atoms with E-state index >= 15 is 0 Å². The zero-order chi connectivity index (χ0) is 24.8. The van der Waals surface area contributed by atoms with Crippen LogP contribution < -0.4 is 14.2 Å². The van der Waals surface area contributed by atoms with Crippen molar-refractivity contribution >= 4 is 17.4 Å². The smallest absolute Gasteiger partial charge is 0.295 e. The number of nitrogens with zero attached hydrogens (tertiary/aromatic N) is 1. The van der Waals surface area contributed by atoms with Crippen molar-refractivity contribution in [1.29, 1.82) is 0 Å². The highest BCUT2D eigenvalue weighted by Gasteiger charge is 2.46. The van der Waals surface area contributed by atoms with Crippen LogP contribution in [0, 0.1) is 0 Å². The van der Waals surface area contributed by atoms with Crippen LogP contribution >= 0.6 is 0 Å². The second-order valence-corrected chi connectivity index (χ2v) is 8.14. The van der Waals surface area contributed by atoms with Crippen molar-refractivity contribution in [2.45, 2.75) is 32.4 Å². The number of methoxy groups -OCH3 is 3. The molecule has 0 aromatic heterocycles. The molecule has 0 saturated carbocycles. The molecule has 0 bridgehead atoms. The summed E-state index contributed by atoms with van der Waals surface area (Å²) in [7, 11) is 4.62. The molecule has 182 valence electrons. The molecular formula is C26H31NO7. The average molecular weight is 470 g/mol. The van der Waals surface area contributed by atoms with E-state index in [1.165, 1.54) is 19.1 Å². The molecule has 8 heteroatoms. The Hall–Kier alpha value is -3.52. The van der Waals surface area contributed by atoms with Crippen LogP contribution in [0.3, 0.4) is 0 Å². The molecule has 1 saturated heterocycles. The van der Waals surface area contributed by atoms with Crippen molar-refractivity contribution < 1.29 is 33.6 Å². The van der Waals surface area contributed by atoms with Crippen molar-refractivity contribution in [3.63, 3.8) is 0 Å². The highest BCUT2D eigenvalue weighted by molar-refractivity contribution is 6.46. The van der Waals surface area contributed by atoms with Crippen molar-refractivity contribution in [1.82, 2.24) is 4.90 Å². The Morgan fingerprint density at radius 3 is 2.26 bits per heavy atom. The lowest BCUT2D eigenvalue weighted by molar-refractivity contribution is -0.140. The van der Waals surface area contributed by atoms with Gasteiger partial charge in [0.15, 0.2) is 11.5 Å². The second-order valence-electron chi connectivity index (χ2n) is 8.14. The number of amides is 1. The average Bonchev–Trinajstić information content (AvgIpc) is 3.08. The Labute approximate surface area is 199 Å². The molecule has 0 aliphatic carbocycles. The third kappa shape index (κ3) is 5.17. The van der Waals surface area contributed by atoms with Crippen molar-refractivity contribution in [2.75, 3.05) is 34.5 Å². The van der Waals surface area contributed by atoms with Gasteiger partial charge in [0.2, 0.25) is 0 Å². The van der Waals surface area contributed by atoms with Gasteiger partial charge in [0, 0.05) is 25.8 Å². The third-order valence-electron chi connectivity index (χ3n) is 5.51. The van der Waals surface area contributed by atoms with E-state index in [4.69, 9.17) is 18.9 Å². The van der Waals surface area contributed by atoms with E-state index in [2.05, 4.69) is 0 Å². The molecule has 0 unspecified atom stereocenters. The van der Waals surface area contributed by atoms with Crippen LogP contribution in [0.4, 0.5) is 0 Å². The summed E-state index contributed by atoms with van der Waals surface area (Å²) in [5.74, 6) is -0.0399. The molecule has 8 nitrogen and oxygen atoms in total. The van der Waals surface area contributed by atoms with Gasteiger partial charge >= 0.3 is 0 Å². The number of hydrogen-bond donors (Lipinski definition) is 1. The van der Waals surface area contributed by atoms with Gasteiger partial charge in [0.25, 0.3) is 11.7 Å². The maximum Gasteiger partial charge on any atom is 0.295 e. The standard InChI is InChI=1S/C26H31NO7/c1-16(2)34-19-10-7-17(8-11-19)24(28)22-23(18-9-12-20(32-4)21(15-18)33-5)27(13-6-14-31-3)26(30)25(22)29/h7-12,15-16,23,28H,6,13-14H2,1-5H3/t23-/m1/s1. The quantitative estimate of drug-likeness (QED) is 0.244. The number of ketones is 1. The first-order valence-electron chi connectivity index (χ1n) is 11.1. The number of carbonyl (C=O) groups excluding carboxylic acids is 2. The molecule has 3 rings (SSSR count). The molecule has 0 spiro atoms. The molecule has 2 aromatic carbocycles. The first kappa shape index (κ1) is 25.1. The summed E-state index contributed by atoms with van der Waals surface area (Å²) < 4.78 is 21.5. The predicted octanol–water partition coefficient (Wildman–Crippen LogP) is 3.95. The minimum absolute atomic E-state index is 0.00178. The van der Waals surface area contributed by atoms with Crippen LogP contribution in [-0.2, 0) is 14.3 Å². The topological polar surface area (TPSA) is 94.5 Å². The van der Waals surface area contributed by atoms with E-state index in [0.29, 0.717) is 41.4 Å². The van der Waals surface area contributed by atoms with Crippen molar-refractivity contribution in [3.05, 3.63) is 59.2 Å². The van der Waals surface area contributed by atoms with E-state index in [9.17, 15) is 14.7 Å². The lowest BCUT2D eigenvalue weighted by atomic mass is 9.95. The fraction of sp³-hybridized carbons (Fsp3) is 0.385. The van der Waals surface area contributed by atoms with Gasteiger partial charge in [-0.15, -0.1) is 0 Å². The van der Waals surface area contributed by atoms with Gasteiger partial charge in [0.1, 0.15) is 11.5 Å². The van der Waals surface area contributed by atoms with Gasteiger partial charge in [-0.1, -0.05) is 6.07 Å². The normalized spacial score (nSPS) is 17.4. The summed E-state index contributed by atoms with van der Waals surface area (Å²) in [6.45, 7) is 4.55. The Kier molecular flexibility index (Phi) is 8.17. The van der Waals surface area contributed by atoms with Gasteiger partial charge in [0.05, 0.1) is 31.9 Å². The molecule has 1 N–H and O–H groups in total. The van der Waals surface area contributed by atoms with Gasteiger partial charge in [-0.2, -0.15) is 0 Å². The summed E-state index contributed by atoms with van der Waals surface area (Å²) >= 11 is 0. The van der Waals surface area contributed by atoms with E-state index < -0.39 is 17.7 Å². The number of benzene rings is 2. The molecule has 34 heavy (non-hydrogen) atoms. The summed E-state index contributed by atoms with van der Waals surface area (Å²) in [6.07, 6.45) is 0.538. The first-order chi connectivity index (χ1) is 16.3. The summed E-state index contributed by atoms with van der Waals surface area (Å²) in [5, 5.41) is 11.2. The number of aliphatic hydroxyl groups excluding tert-OH is 1. The minimum atomic E-state index is -0.789. The van der Waals surface area contributed by atoms with Gasteiger partial charge in [-0.05, 0) is 62.2 Å². The van der Waals surface area contributed by atoms with Gasteiger partial charge < -0.3 is 29.0 Å². The molecule has 0 radical (unpaired) electrons. The summed E-state index contributed by atoms with van der Waals surface area (Å²) in [6, 6.07) is 11.2. The molecule has 2 aromatic rings. The largest absolute Gasteiger partial charge is 0.507 e. The monoisotopic (exact) mass is 469 g/mol. The molecular weight excluding hydrogens is 438 g/mol. The molecule has 1 aliphatic heterocycles. The van der Waals surface area contributed by atoms with Crippen LogP contribution in [0.2, 0.25) is 0 Å². The summed E-state index contributed by atoms with van der Waals surface area (Å²) in [4.78, 5) is 27.6. The zero-order valence-corrected chi connectivity index (χ0v) is 20.2. The highest BCUT2D eigenvalue weighted by Crippen LogP contribution is 2.42. The van der Waals surface area contributed by atoms with Crippen LogP contribution in [0.5, 0.6) is 17.2 Å². The van der Waals surface area contributed by atoms with Gasteiger partial charge in [-0.3, -0.25) is 9.59 Å². The SMILES string of the molecule is COCCCN1C(=O)C(=O)C(=C(O)c2ccc(OC(C)C)cc2)[C@H]1c1ccc(OC)c(OC)c1. The number of carbonyl (C=O) groups is 2. The third-order valence-corrected chi connectivity index (χ3v) is 5.51. The Bertz CT molecular complexity index is 1060.